The standard InChI is InChI=1S/C14H27ClN4/c1-6-18(7-2)9-8-13(16-5)14-12(15)10-17-19(14)11(3)4/h10-11,13,16H,6-9H2,1-5H3. The summed E-state index contributed by atoms with van der Waals surface area (Å²) in [5.41, 5.74) is 1.10. The first-order chi connectivity index (χ1) is 9.04. The molecular formula is C14H27ClN4. The highest BCUT2D eigenvalue weighted by molar-refractivity contribution is 6.31. The van der Waals surface area contributed by atoms with Gasteiger partial charge in [0.25, 0.3) is 0 Å². The van der Waals surface area contributed by atoms with Gasteiger partial charge in [-0.2, -0.15) is 5.10 Å². The molecule has 1 aromatic heterocycles. The Morgan fingerprint density at radius 1 is 1.37 bits per heavy atom. The van der Waals surface area contributed by atoms with Crippen LogP contribution in [0.2, 0.25) is 5.02 Å². The third kappa shape index (κ3) is 4.20. The van der Waals surface area contributed by atoms with Gasteiger partial charge in [-0.15, -0.1) is 0 Å². The summed E-state index contributed by atoms with van der Waals surface area (Å²) < 4.78 is 2.02. The van der Waals surface area contributed by atoms with Crippen molar-refractivity contribution in [2.24, 2.45) is 0 Å². The third-order valence-corrected chi connectivity index (χ3v) is 3.87. The molecule has 19 heavy (non-hydrogen) atoms. The molecule has 1 rings (SSSR count). The Labute approximate surface area is 122 Å². The maximum Gasteiger partial charge on any atom is 0.0834 e. The van der Waals surface area contributed by atoms with Crippen LogP contribution >= 0.6 is 11.6 Å². The van der Waals surface area contributed by atoms with E-state index in [1.165, 1.54) is 0 Å². The van der Waals surface area contributed by atoms with Crippen molar-refractivity contribution in [2.45, 2.75) is 46.2 Å². The maximum absolute atomic E-state index is 6.31. The largest absolute Gasteiger partial charge is 0.312 e. The van der Waals surface area contributed by atoms with Crippen LogP contribution < -0.4 is 5.32 Å². The lowest BCUT2D eigenvalue weighted by molar-refractivity contribution is 0.280. The summed E-state index contributed by atoms with van der Waals surface area (Å²) >= 11 is 6.31. The summed E-state index contributed by atoms with van der Waals surface area (Å²) in [6, 6.07) is 0.574. The Hall–Kier alpha value is -0.580. The number of hydrogen-bond donors (Lipinski definition) is 1. The van der Waals surface area contributed by atoms with E-state index in [-0.39, 0.29) is 6.04 Å². The molecule has 0 aromatic carbocycles. The lowest BCUT2D eigenvalue weighted by Crippen LogP contribution is -2.29. The van der Waals surface area contributed by atoms with Crippen molar-refractivity contribution < 1.29 is 0 Å². The predicted octanol–water partition coefficient (Wildman–Crippen LogP) is 3.11. The van der Waals surface area contributed by atoms with Crippen molar-refractivity contribution in [1.82, 2.24) is 20.0 Å². The van der Waals surface area contributed by atoms with Gasteiger partial charge in [0.15, 0.2) is 0 Å². The molecule has 0 aliphatic rings. The minimum Gasteiger partial charge on any atom is -0.312 e. The van der Waals surface area contributed by atoms with Crippen LogP contribution in [-0.2, 0) is 0 Å². The highest BCUT2D eigenvalue weighted by Crippen LogP contribution is 2.27. The van der Waals surface area contributed by atoms with Gasteiger partial charge in [0.05, 0.1) is 23.0 Å². The van der Waals surface area contributed by atoms with Gasteiger partial charge >= 0.3 is 0 Å². The first kappa shape index (κ1) is 16.5. The minimum atomic E-state index is 0.248. The fraction of sp³-hybridized carbons (Fsp3) is 0.786. The fourth-order valence-electron chi connectivity index (χ4n) is 2.36. The van der Waals surface area contributed by atoms with Gasteiger partial charge in [-0.05, 0) is 47.0 Å². The molecule has 1 aromatic rings. The normalized spacial score (nSPS) is 13.5. The van der Waals surface area contributed by atoms with Crippen molar-refractivity contribution in [3.05, 3.63) is 16.9 Å². The van der Waals surface area contributed by atoms with E-state index in [2.05, 4.69) is 43.0 Å². The molecular weight excluding hydrogens is 260 g/mol. The highest BCUT2D eigenvalue weighted by atomic mass is 35.5. The van der Waals surface area contributed by atoms with Gasteiger partial charge < -0.3 is 10.2 Å². The summed E-state index contributed by atoms with van der Waals surface area (Å²) in [6.45, 7) is 11.9. The van der Waals surface area contributed by atoms with Crippen molar-refractivity contribution in [3.63, 3.8) is 0 Å². The average molecular weight is 287 g/mol. The molecule has 1 heterocycles. The zero-order chi connectivity index (χ0) is 14.4. The molecule has 4 nitrogen and oxygen atoms in total. The predicted molar refractivity (Wildman–Crippen MR) is 81.8 cm³/mol. The van der Waals surface area contributed by atoms with E-state index in [0.717, 1.165) is 36.8 Å². The Morgan fingerprint density at radius 2 is 2.00 bits per heavy atom. The number of halogens is 1. The van der Waals surface area contributed by atoms with Gasteiger partial charge in [0.1, 0.15) is 0 Å². The molecule has 0 saturated heterocycles. The molecule has 0 aliphatic heterocycles. The molecule has 0 saturated carbocycles. The van der Waals surface area contributed by atoms with E-state index < -0.39 is 0 Å². The molecule has 0 fully saturated rings. The molecule has 1 unspecified atom stereocenters. The topological polar surface area (TPSA) is 33.1 Å². The number of nitrogens with one attached hydrogen (secondary N) is 1. The van der Waals surface area contributed by atoms with Gasteiger partial charge in [-0.25, -0.2) is 0 Å². The quantitative estimate of drug-likeness (QED) is 0.797. The van der Waals surface area contributed by atoms with Crippen LogP contribution in [0.15, 0.2) is 6.20 Å². The Kier molecular flexibility index (Phi) is 6.83. The molecule has 0 bridgehead atoms. The van der Waals surface area contributed by atoms with Crippen LogP contribution in [0.25, 0.3) is 0 Å². The molecule has 0 aliphatic carbocycles. The average Bonchev–Trinajstić information content (AvgIpc) is 2.77. The van der Waals surface area contributed by atoms with E-state index in [4.69, 9.17) is 11.6 Å². The van der Waals surface area contributed by atoms with Crippen LogP contribution in [-0.4, -0.2) is 41.4 Å². The monoisotopic (exact) mass is 286 g/mol. The molecule has 0 amide bonds. The zero-order valence-corrected chi connectivity index (χ0v) is 13.5. The third-order valence-electron chi connectivity index (χ3n) is 3.58. The van der Waals surface area contributed by atoms with E-state index in [0.29, 0.717) is 6.04 Å². The second kappa shape index (κ2) is 7.88. The fourth-order valence-corrected chi connectivity index (χ4v) is 2.62. The molecule has 1 N–H and O–H groups in total. The zero-order valence-electron chi connectivity index (χ0n) is 12.8. The van der Waals surface area contributed by atoms with Crippen LogP contribution in [0, 0.1) is 0 Å². The number of aromatic nitrogens is 2. The van der Waals surface area contributed by atoms with E-state index in [1.807, 2.05) is 11.7 Å². The second-order valence-electron chi connectivity index (χ2n) is 5.07. The van der Waals surface area contributed by atoms with E-state index >= 15 is 0 Å². The van der Waals surface area contributed by atoms with Crippen molar-refractivity contribution in [1.29, 1.82) is 0 Å². The van der Waals surface area contributed by atoms with Gasteiger partial charge in [-0.1, -0.05) is 25.4 Å². The lowest BCUT2D eigenvalue weighted by atomic mass is 10.1. The SMILES string of the molecule is CCN(CC)CCC(NC)c1c(Cl)cnn1C(C)C. The summed E-state index contributed by atoms with van der Waals surface area (Å²) in [7, 11) is 1.99. The maximum atomic E-state index is 6.31. The summed E-state index contributed by atoms with van der Waals surface area (Å²) in [4.78, 5) is 2.42. The van der Waals surface area contributed by atoms with Gasteiger partial charge in [0.2, 0.25) is 0 Å². The number of nitrogens with zero attached hydrogens (tertiary/aromatic N) is 3. The number of hydrogen-bond acceptors (Lipinski definition) is 3. The van der Waals surface area contributed by atoms with Crippen LogP contribution in [0.1, 0.15) is 51.9 Å². The molecule has 1 atom stereocenters. The number of rotatable bonds is 8. The summed E-state index contributed by atoms with van der Waals surface area (Å²) in [5.74, 6) is 0. The Morgan fingerprint density at radius 3 is 2.47 bits per heavy atom. The molecule has 110 valence electrons. The van der Waals surface area contributed by atoms with Crippen molar-refractivity contribution in [3.8, 4) is 0 Å². The van der Waals surface area contributed by atoms with Gasteiger partial charge in [-0.3, -0.25) is 4.68 Å². The second-order valence-corrected chi connectivity index (χ2v) is 5.48. The minimum absolute atomic E-state index is 0.248. The molecule has 5 heteroatoms. The van der Waals surface area contributed by atoms with Crippen LogP contribution in [0.5, 0.6) is 0 Å². The van der Waals surface area contributed by atoms with Crippen molar-refractivity contribution in [2.75, 3.05) is 26.7 Å². The highest BCUT2D eigenvalue weighted by Gasteiger charge is 2.20. The lowest BCUT2D eigenvalue weighted by Gasteiger charge is -2.24. The molecule has 0 spiro atoms. The summed E-state index contributed by atoms with van der Waals surface area (Å²) in [5, 5.41) is 8.51. The first-order valence-corrected chi connectivity index (χ1v) is 7.55. The Balaban J connectivity index is 2.82. The van der Waals surface area contributed by atoms with Crippen molar-refractivity contribution >= 4 is 11.6 Å². The van der Waals surface area contributed by atoms with Crippen LogP contribution in [0.3, 0.4) is 0 Å². The van der Waals surface area contributed by atoms with Crippen LogP contribution in [0.4, 0.5) is 0 Å². The van der Waals surface area contributed by atoms with Gasteiger partial charge in [0, 0.05) is 6.04 Å². The smallest absolute Gasteiger partial charge is 0.0834 e. The van der Waals surface area contributed by atoms with E-state index in [9.17, 15) is 0 Å². The Bertz CT molecular complexity index is 372. The first-order valence-electron chi connectivity index (χ1n) is 7.17. The molecule has 0 radical (unpaired) electrons. The van der Waals surface area contributed by atoms with E-state index in [1.54, 1.807) is 6.20 Å². The summed E-state index contributed by atoms with van der Waals surface area (Å²) in [6.07, 6.45) is 2.79.